The van der Waals surface area contributed by atoms with Crippen molar-refractivity contribution in [2.24, 2.45) is 0 Å². The molecule has 4 heteroatoms. The van der Waals surface area contributed by atoms with Crippen LogP contribution in [0.15, 0.2) is 47.0 Å². The predicted molar refractivity (Wildman–Crippen MR) is 106 cm³/mol. The number of pyridine rings is 1. The third-order valence-electron chi connectivity index (χ3n) is 4.59. The van der Waals surface area contributed by atoms with E-state index in [-0.39, 0.29) is 10.8 Å². The second-order valence-electron chi connectivity index (χ2n) is 8.89. The molecule has 4 aromatic rings. The van der Waals surface area contributed by atoms with Gasteiger partial charge in [-0.1, -0.05) is 59.7 Å². The Kier molecular flexibility index (Phi) is 3.52. The van der Waals surface area contributed by atoms with Crippen LogP contribution in [0.25, 0.3) is 28.1 Å². The lowest BCUT2D eigenvalue weighted by atomic mass is 9.92. The maximum atomic E-state index is 6.32. The second kappa shape index (κ2) is 5.44. The molecular weight excluding hydrogens is 322 g/mol. The van der Waals surface area contributed by atoms with Crippen LogP contribution in [-0.2, 0) is 10.8 Å². The molecule has 0 amide bonds. The molecule has 0 saturated carbocycles. The molecule has 0 spiro atoms. The maximum Gasteiger partial charge on any atom is 0.228 e. The normalized spacial score (nSPS) is 13.0. The van der Waals surface area contributed by atoms with Crippen LogP contribution >= 0.6 is 0 Å². The fourth-order valence-corrected chi connectivity index (χ4v) is 3.37. The lowest BCUT2D eigenvalue weighted by molar-refractivity contribution is 0.530. The van der Waals surface area contributed by atoms with Crippen molar-refractivity contribution in [2.45, 2.75) is 52.4 Å². The van der Waals surface area contributed by atoms with E-state index >= 15 is 0 Å². The number of hydrogen-bond acceptors (Lipinski definition) is 3. The number of aromatic nitrogens is 3. The Morgan fingerprint density at radius 3 is 2.27 bits per heavy atom. The molecule has 0 aliphatic rings. The quantitative estimate of drug-likeness (QED) is 0.441. The Morgan fingerprint density at radius 2 is 1.65 bits per heavy atom. The molecule has 0 saturated heterocycles. The summed E-state index contributed by atoms with van der Waals surface area (Å²) < 4.78 is 8.52. The summed E-state index contributed by atoms with van der Waals surface area (Å²) in [5.41, 5.74) is 5.51. The Labute approximate surface area is 153 Å². The van der Waals surface area contributed by atoms with Crippen molar-refractivity contribution in [3.05, 3.63) is 54.1 Å². The molecule has 4 nitrogen and oxygen atoms in total. The topological polar surface area (TPSA) is 43.3 Å². The van der Waals surface area contributed by atoms with Crippen molar-refractivity contribution < 1.29 is 4.42 Å². The van der Waals surface area contributed by atoms with Crippen LogP contribution in [0.1, 0.15) is 53.1 Å². The number of rotatable bonds is 1. The van der Waals surface area contributed by atoms with Crippen LogP contribution in [0.2, 0.25) is 0 Å². The van der Waals surface area contributed by atoms with Crippen LogP contribution in [0, 0.1) is 0 Å². The van der Waals surface area contributed by atoms with Gasteiger partial charge in [-0.25, -0.2) is 4.98 Å². The molecule has 26 heavy (non-hydrogen) atoms. The molecule has 3 heterocycles. The van der Waals surface area contributed by atoms with E-state index in [0.29, 0.717) is 0 Å². The van der Waals surface area contributed by atoms with Crippen molar-refractivity contribution in [1.29, 1.82) is 0 Å². The Hall–Kier alpha value is -2.62. The standard InChI is InChI=1S/C22H25N3O/c1-21(2,3)18-19-25(20(24-18)22(4,5)6)17-14(10-9-12-16(17)26-19)15-11-7-8-13-23-15/h7-13H,1-6H3. The van der Waals surface area contributed by atoms with E-state index in [4.69, 9.17) is 9.40 Å². The van der Waals surface area contributed by atoms with E-state index in [1.54, 1.807) is 0 Å². The van der Waals surface area contributed by atoms with E-state index in [1.807, 2.05) is 36.5 Å². The number of imidazole rings is 1. The van der Waals surface area contributed by atoms with E-state index in [9.17, 15) is 0 Å². The molecule has 134 valence electrons. The molecule has 0 aliphatic heterocycles. The van der Waals surface area contributed by atoms with Gasteiger partial charge in [-0.15, -0.1) is 0 Å². The molecule has 3 aromatic heterocycles. The van der Waals surface area contributed by atoms with Gasteiger partial charge in [0.05, 0.1) is 5.69 Å². The maximum absolute atomic E-state index is 6.32. The molecule has 0 unspecified atom stereocenters. The highest BCUT2D eigenvalue weighted by molar-refractivity contribution is 5.92. The Morgan fingerprint density at radius 1 is 0.885 bits per heavy atom. The highest BCUT2D eigenvalue weighted by Crippen LogP contribution is 2.38. The lowest BCUT2D eigenvalue weighted by Crippen LogP contribution is -2.17. The summed E-state index contributed by atoms with van der Waals surface area (Å²) in [6.45, 7) is 13.1. The summed E-state index contributed by atoms with van der Waals surface area (Å²) in [5, 5.41) is 0. The van der Waals surface area contributed by atoms with E-state index in [1.165, 1.54) is 0 Å². The minimum absolute atomic E-state index is 0.103. The van der Waals surface area contributed by atoms with Gasteiger partial charge in [0, 0.05) is 22.6 Å². The number of hydrogen-bond donors (Lipinski definition) is 0. The van der Waals surface area contributed by atoms with Crippen LogP contribution in [0.3, 0.4) is 0 Å². The predicted octanol–water partition coefficient (Wildman–Crippen LogP) is 5.74. The molecule has 1 aromatic carbocycles. The van der Waals surface area contributed by atoms with E-state index in [2.05, 4.69) is 57.0 Å². The summed E-state index contributed by atoms with van der Waals surface area (Å²) in [4.78, 5) is 9.58. The van der Waals surface area contributed by atoms with Crippen LogP contribution in [0.5, 0.6) is 0 Å². The zero-order valence-corrected chi connectivity index (χ0v) is 16.3. The highest BCUT2D eigenvalue weighted by atomic mass is 16.3. The average Bonchev–Trinajstić information content (AvgIpc) is 3.10. The Bertz CT molecular complexity index is 1090. The second-order valence-corrected chi connectivity index (χ2v) is 8.89. The zero-order chi connectivity index (χ0) is 18.7. The fraction of sp³-hybridized carbons (Fsp3) is 0.364. The molecule has 0 N–H and O–H groups in total. The first-order chi connectivity index (χ1) is 12.2. The van der Waals surface area contributed by atoms with Gasteiger partial charge >= 0.3 is 0 Å². The molecule has 0 atom stereocenters. The lowest BCUT2D eigenvalue weighted by Gasteiger charge is -2.17. The van der Waals surface area contributed by atoms with Crippen molar-refractivity contribution in [3.8, 4) is 11.3 Å². The first-order valence-corrected chi connectivity index (χ1v) is 9.04. The fourth-order valence-electron chi connectivity index (χ4n) is 3.37. The molecule has 0 aliphatic carbocycles. The van der Waals surface area contributed by atoms with Gasteiger partial charge in [-0.3, -0.25) is 9.38 Å². The van der Waals surface area contributed by atoms with Gasteiger partial charge in [0.15, 0.2) is 5.58 Å². The van der Waals surface area contributed by atoms with Gasteiger partial charge in [-0.2, -0.15) is 0 Å². The summed E-state index contributed by atoms with van der Waals surface area (Å²) in [6.07, 6.45) is 1.82. The van der Waals surface area contributed by atoms with Crippen molar-refractivity contribution >= 4 is 16.8 Å². The summed E-state index contributed by atoms with van der Waals surface area (Å²) in [6, 6.07) is 12.1. The van der Waals surface area contributed by atoms with Crippen LogP contribution in [0.4, 0.5) is 0 Å². The van der Waals surface area contributed by atoms with Crippen LogP contribution < -0.4 is 0 Å². The SMILES string of the molecule is CC(C)(C)c1nc(C(C)(C)C)n2c1oc1cccc(-c3ccccn3)c12. The monoisotopic (exact) mass is 347 g/mol. The third kappa shape index (κ3) is 2.52. The molecule has 0 radical (unpaired) electrons. The highest BCUT2D eigenvalue weighted by Gasteiger charge is 2.32. The minimum Gasteiger partial charge on any atom is -0.436 e. The number of fused-ring (bicyclic) bond motifs is 3. The van der Waals surface area contributed by atoms with E-state index in [0.717, 1.165) is 39.6 Å². The van der Waals surface area contributed by atoms with Crippen molar-refractivity contribution in [2.75, 3.05) is 0 Å². The van der Waals surface area contributed by atoms with Gasteiger partial charge in [0.2, 0.25) is 5.71 Å². The first-order valence-electron chi connectivity index (χ1n) is 9.04. The number of oxazole rings is 1. The number of nitrogens with zero attached hydrogens (tertiary/aromatic N) is 3. The molecule has 4 rings (SSSR count). The van der Waals surface area contributed by atoms with Crippen molar-refractivity contribution in [1.82, 2.24) is 14.4 Å². The van der Waals surface area contributed by atoms with Gasteiger partial charge < -0.3 is 4.42 Å². The third-order valence-corrected chi connectivity index (χ3v) is 4.59. The average molecular weight is 347 g/mol. The summed E-state index contributed by atoms with van der Waals surface area (Å²) >= 11 is 0. The minimum atomic E-state index is -0.111. The number of benzene rings is 1. The number of para-hydroxylation sites is 1. The molecule has 0 fully saturated rings. The van der Waals surface area contributed by atoms with Gasteiger partial charge in [0.25, 0.3) is 0 Å². The van der Waals surface area contributed by atoms with Gasteiger partial charge in [-0.05, 0) is 18.2 Å². The summed E-state index contributed by atoms with van der Waals surface area (Å²) in [5.74, 6) is 1.01. The molecule has 0 bridgehead atoms. The molecular formula is C22H25N3O. The van der Waals surface area contributed by atoms with E-state index < -0.39 is 0 Å². The van der Waals surface area contributed by atoms with Gasteiger partial charge in [0.1, 0.15) is 17.0 Å². The largest absolute Gasteiger partial charge is 0.436 e. The Balaban J connectivity index is 2.19. The van der Waals surface area contributed by atoms with Crippen LogP contribution in [-0.4, -0.2) is 14.4 Å². The first kappa shape index (κ1) is 16.8. The zero-order valence-electron chi connectivity index (χ0n) is 16.3. The summed E-state index contributed by atoms with van der Waals surface area (Å²) in [7, 11) is 0. The smallest absolute Gasteiger partial charge is 0.228 e. The van der Waals surface area contributed by atoms with Crippen molar-refractivity contribution in [3.63, 3.8) is 0 Å².